The van der Waals surface area contributed by atoms with E-state index in [0.29, 0.717) is 12.8 Å². The number of hydrogen-bond acceptors (Lipinski definition) is 6. The Kier molecular flexibility index (Phi) is 61.5. The van der Waals surface area contributed by atoms with Crippen LogP contribution < -0.4 is 0 Å². The third-order valence-corrected chi connectivity index (χ3v) is 12.6. The van der Waals surface area contributed by atoms with Crippen LogP contribution in [0.15, 0.2) is 182 Å². The van der Waals surface area contributed by atoms with Gasteiger partial charge in [0.25, 0.3) is 0 Å². The maximum absolute atomic E-state index is 12.9. The molecule has 0 spiro atoms. The van der Waals surface area contributed by atoms with Gasteiger partial charge in [0.05, 0.1) is 0 Å². The Hall–Kier alpha value is -5.49. The molecule has 1 unspecified atom stereocenters. The molecule has 6 nitrogen and oxygen atoms in total. The van der Waals surface area contributed by atoms with E-state index in [1.54, 1.807) is 0 Å². The molecule has 0 aromatic heterocycles. The van der Waals surface area contributed by atoms with Gasteiger partial charge in [-0.3, -0.25) is 14.4 Å². The van der Waals surface area contributed by atoms with Gasteiger partial charge in [0.1, 0.15) is 13.2 Å². The lowest BCUT2D eigenvalue weighted by atomic mass is 10.1. The highest BCUT2D eigenvalue weighted by molar-refractivity contribution is 5.71. The Bertz CT molecular complexity index is 1890. The van der Waals surface area contributed by atoms with Gasteiger partial charge in [-0.1, -0.05) is 254 Å². The van der Waals surface area contributed by atoms with Crippen molar-refractivity contribution in [2.45, 2.75) is 252 Å². The zero-order chi connectivity index (χ0) is 57.8. The fourth-order valence-corrected chi connectivity index (χ4v) is 7.93. The van der Waals surface area contributed by atoms with Crippen LogP contribution in [0.3, 0.4) is 0 Å². The van der Waals surface area contributed by atoms with Crippen LogP contribution in [0.4, 0.5) is 0 Å². The SMILES string of the molecule is CC/C=C\C/C=C\C/C=C\C/C=C\C/C=C\C/C=C\C/C=C\C/C=C\C/C=C\CCCC(=O)OCC(COC(=O)CCCC/C=C\C/C=C\C/C=C\C/C=C\CC)OC(=O)CCCCCCCCC/C=C\C/C=C\CCCCCC. The number of esters is 3. The Balaban J connectivity index is 4.54. The number of rotatable bonds is 55. The lowest BCUT2D eigenvalue weighted by Gasteiger charge is -2.18. The highest BCUT2D eigenvalue weighted by Crippen LogP contribution is 2.13. The van der Waals surface area contributed by atoms with E-state index in [0.717, 1.165) is 141 Å². The number of allylic oxidation sites excluding steroid dienone is 30. The molecule has 6 heteroatoms. The standard InChI is InChI=1S/C74H114O6/c1-4-7-10-13-16-19-22-25-28-30-32-33-34-35-36-37-38-39-40-41-42-44-46-49-52-55-58-61-64-67-73(76)79-70-71(69-78-72(75)66-63-60-57-54-51-48-45-27-24-21-18-15-12-9-6-3)80-74(77)68-65-62-59-56-53-50-47-43-31-29-26-23-20-17-14-11-8-5-2/h7,9-10,12,16,18-21,23,25,27-29,31-33,35-36,38-39,41-42,45-46,49,51,54-55,58,71H,4-6,8,11,13-15,17,22,24,26,30,34,37,40,43-44,47-48,50,52-53,56-57,59-70H2,1-3H3/b10-7-,12-9-,19-16-,21-18-,23-20-,28-25-,31-29-,33-32-,36-35-,39-38-,42-41-,45-27-,49-46-,54-51-,58-55-. The van der Waals surface area contributed by atoms with E-state index < -0.39 is 6.10 Å². The summed E-state index contributed by atoms with van der Waals surface area (Å²) in [6, 6.07) is 0. The maximum atomic E-state index is 12.9. The molecule has 0 aromatic rings. The molecule has 1 atom stereocenters. The highest BCUT2D eigenvalue weighted by atomic mass is 16.6. The summed E-state index contributed by atoms with van der Waals surface area (Å²) in [5, 5.41) is 0. The molecule has 0 aliphatic carbocycles. The fourth-order valence-electron chi connectivity index (χ4n) is 7.93. The second kappa shape index (κ2) is 66.0. The van der Waals surface area contributed by atoms with Crippen molar-refractivity contribution in [3.8, 4) is 0 Å². The van der Waals surface area contributed by atoms with Crippen molar-refractivity contribution >= 4 is 17.9 Å². The second-order valence-corrected chi connectivity index (χ2v) is 20.2. The fraction of sp³-hybridized carbons (Fsp3) is 0.554. The van der Waals surface area contributed by atoms with Gasteiger partial charge in [-0.2, -0.15) is 0 Å². The number of hydrogen-bond donors (Lipinski definition) is 0. The molecule has 0 heterocycles. The molecule has 0 aromatic carbocycles. The summed E-state index contributed by atoms with van der Waals surface area (Å²) in [4.78, 5) is 38.3. The third-order valence-electron chi connectivity index (χ3n) is 12.6. The van der Waals surface area contributed by atoms with Crippen LogP contribution in [0.2, 0.25) is 0 Å². The van der Waals surface area contributed by atoms with Crippen LogP contribution in [-0.4, -0.2) is 37.2 Å². The second-order valence-electron chi connectivity index (χ2n) is 20.2. The van der Waals surface area contributed by atoms with Crippen molar-refractivity contribution in [1.82, 2.24) is 0 Å². The average molecular weight is 1100 g/mol. The van der Waals surface area contributed by atoms with Crippen LogP contribution in [0.25, 0.3) is 0 Å². The van der Waals surface area contributed by atoms with Gasteiger partial charge in [-0.15, -0.1) is 0 Å². The predicted octanol–water partition coefficient (Wildman–Crippen LogP) is 22.0. The molecule has 446 valence electrons. The molecule has 0 saturated heterocycles. The van der Waals surface area contributed by atoms with Crippen LogP contribution in [0, 0.1) is 0 Å². The first-order valence-corrected chi connectivity index (χ1v) is 31.8. The average Bonchev–Trinajstić information content (AvgIpc) is 3.46. The molecule has 0 aliphatic rings. The van der Waals surface area contributed by atoms with Crippen molar-refractivity contribution in [2.24, 2.45) is 0 Å². The Morgan fingerprint density at radius 2 is 0.500 bits per heavy atom. The summed E-state index contributed by atoms with van der Waals surface area (Å²) in [6.07, 6.45) is 99.0. The van der Waals surface area contributed by atoms with E-state index in [9.17, 15) is 14.4 Å². The Labute approximate surface area is 491 Å². The van der Waals surface area contributed by atoms with Crippen LogP contribution in [0.1, 0.15) is 245 Å². The summed E-state index contributed by atoms with van der Waals surface area (Å²) in [5.74, 6) is -1.04. The first kappa shape index (κ1) is 74.5. The highest BCUT2D eigenvalue weighted by Gasteiger charge is 2.19. The zero-order valence-corrected chi connectivity index (χ0v) is 51.0. The smallest absolute Gasteiger partial charge is 0.306 e. The minimum Gasteiger partial charge on any atom is -0.462 e. The largest absolute Gasteiger partial charge is 0.462 e. The number of carbonyl (C=O) groups is 3. The van der Waals surface area contributed by atoms with Crippen LogP contribution >= 0.6 is 0 Å². The van der Waals surface area contributed by atoms with Gasteiger partial charge in [-0.05, 0) is 154 Å². The third kappa shape index (κ3) is 63.3. The lowest BCUT2D eigenvalue weighted by Crippen LogP contribution is -2.30. The van der Waals surface area contributed by atoms with Crippen molar-refractivity contribution in [1.29, 1.82) is 0 Å². The molecule has 0 N–H and O–H groups in total. The van der Waals surface area contributed by atoms with E-state index in [1.807, 2.05) is 0 Å². The number of ether oxygens (including phenoxy) is 3. The summed E-state index contributed by atoms with van der Waals surface area (Å²) in [5.41, 5.74) is 0. The first-order chi connectivity index (χ1) is 39.5. The lowest BCUT2D eigenvalue weighted by molar-refractivity contribution is -0.167. The minimum absolute atomic E-state index is 0.130. The van der Waals surface area contributed by atoms with E-state index >= 15 is 0 Å². The Morgan fingerprint density at radius 3 is 0.838 bits per heavy atom. The van der Waals surface area contributed by atoms with Crippen molar-refractivity contribution in [3.05, 3.63) is 182 Å². The molecule has 0 aliphatic heterocycles. The van der Waals surface area contributed by atoms with E-state index in [-0.39, 0.29) is 50.4 Å². The van der Waals surface area contributed by atoms with Gasteiger partial charge in [0.15, 0.2) is 6.10 Å². The molecular weight excluding hydrogens is 985 g/mol. The van der Waals surface area contributed by atoms with Gasteiger partial charge in [0.2, 0.25) is 0 Å². The summed E-state index contributed by atoms with van der Waals surface area (Å²) in [7, 11) is 0. The molecule has 0 bridgehead atoms. The Morgan fingerprint density at radius 1 is 0.263 bits per heavy atom. The zero-order valence-electron chi connectivity index (χ0n) is 51.0. The van der Waals surface area contributed by atoms with Crippen molar-refractivity contribution in [3.63, 3.8) is 0 Å². The molecule has 0 fully saturated rings. The first-order valence-electron chi connectivity index (χ1n) is 31.8. The van der Waals surface area contributed by atoms with Crippen molar-refractivity contribution < 1.29 is 28.6 Å². The summed E-state index contributed by atoms with van der Waals surface area (Å²) in [6.45, 7) is 6.29. The molecular formula is C74H114O6. The summed E-state index contributed by atoms with van der Waals surface area (Å²) >= 11 is 0. The minimum atomic E-state index is -0.835. The van der Waals surface area contributed by atoms with E-state index in [2.05, 4.69) is 203 Å². The van der Waals surface area contributed by atoms with Gasteiger partial charge >= 0.3 is 17.9 Å². The topological polar surface area (TPSA) is 78.9 Å². The van der Waals surface area contributed by atoms with Crippen LogP contribution in [0.5, 0.6) is 0 Å². The van der Waals surface area contributed by atoms with Crippen molar-refractivity contribution in [2.75, 3.05) is 13.2 Å². The van der Waals surface area contributed by atoms with Gasteiger partial charge in [-0.25, -0.2) is 0 Å². The van der Waals surface area contributed by atoms with Gasteiger partial charge < -0.3 is 14.2 Å². The number of carbonyl (C=O) groups excluding carboxylic acids is 3. The van der Waals surface area contributed by atoms with E-state index in [4.69, 9.17) is 14.2 Å². The normalized spacial score (nSPS) is 13.4. The van der Waals surface area contributed by atoms with Crippen LogP contribution in [-0.2, 0) is 28.6 Å². The molecule has 80 heavy (non-hydrogen) atoms. The van der Waals surface area contributed by atoms with E-state index in [1.165, 1.54) is 51.4 Å². The predicted molar refractivity (Wildman–Crippen MR) is 348 cm³/mol. The maximum Gasteiger partial charge on any atom is 0.306 e. The molecule has 0 radical (unpaired) electrons. The molecule has 0 amide bonds. The summed E-state index contributed by atoms with van der Waals surface area (Å²) < 4.78 is 16.8. The van der Waals surface area contributed by atoms with Gasteiger partial charge in [0, 0.05) is 19.3 Å². The quantitative estimate of drug-likeness (QED) is 0.0261. The molecule has 0 saturated carbocycles. The molecule has 0 rings (SSSR count). The number of unbranched alkanes of at least 4 members (excludes halogenated alkanes) is 14. The monoisotopic (exact) mass is 1100 g/mol.